The van der Waals surface area contributed by atoms with Crippen molar-refractivity contribution < 1.29 is 4.79 Å². The summed E-state index contributed by atoms with van der Waals surface area (Å²) in [6.45, 7) is 4.09. The Balaban J connectivity index is 1.97. The molecule has 2 aromatic carbocycles. The zero-order chi connectivity index (χ0) is 15.0. The van der Waals surface area contributed by atoms with Crippen molar-refractivity contribution in [3.63, 3.8) is 0 Å². The van der Waals surface area contributed by atoms with Crippen molar-refractivity contribution in [3.8, 4) is 0 Å². The van der Waals surface area contributed by atoms with E-state index in [1.807, 2.05) is 6.92 Å². The van der Waals surface area contributed by atoms with Gasteiger partial charge < -0.3 is 11.1 Å². The molecule has 0 aliphatic carbocycles. The monoisotopic (exact) mass is 280 g/mol. The van der Waals surface area contributed by atoms with Gasteiger partial charge in [-0.1, -0.05) is 42.0 Å². The van der Waals surface area contributed by atoms with Crippen molar-refractivity contribution in [2.75, 3.05) is 5.32 Å². The van der Waals surface area contributed by atoms with E-state index in [2.05, 4.69) is 48.6 Å². The Morgan fingerprint density at radius 3 is 2.48 bits per heavy atom. The van der Waals surface area contributed by atoms with E-state index in [-0.39, 0.29) is 11.9 Å². The zero-order valence-electron chi connectivity index (χ0n) is 12.4. The van der Waals surface area contributed by atoms with E-state index in [0.717, 1.165) is 28.8 Å². The van der Waals surface area contributed by atoms with Gasteiger partial charge in [0.2, 0.25) is 5.91 Å². The molecule has 1 unspecified atom stereocenters. The summed E-state index contributed by atoms with van der Waals surface area (Å²) in [4.78, 5) is 11.5. The van der Waals surface area contributed by atoms with E-state index in [1.165, 1.54) is 11.1 Å². The van der Waals surface area contributed by atoms with Gasteiger partial charge in [-0.25, -0.2) is 0 Å². The molecule has 3 nitrogen and oxygen atoms in total. The number of carbonyl (C=O) groups excluding carboxylic acids is 1. The molecule has 108 valence electrons. The zero-order valence-corrected chi connectivity index (χ0v) is 12.4. The molecular weight excluding hydrogens is 260 g/mol. The highest BCUT2D eigenvalue weighted by molar-refractivity contribution is 5.94. The van der Waals surface area contributed by atoms with E-state index in [0.29, 0.717) is 6.42 Å². The summed E-state index contributed by atoms with van der Waals surface area (Å²) in [7, 11) is 0. The summed E-state index contributed by atoms with van der Waals surface area (Å²) in [5.41, 5.74) is 13.1. The van der Waals surface area contributed by atoms with Gasteiger partial charge in [0.15, 0.2) is 0 Å². The predicted octanol–water partition coefficient (Wildman–Crippen LogP) is 3.24. The van der Waals surface area contributed by atoms with Crippen molar-refractivity contribution in [1.82, 2.24) is 0 Å². The van der Waals surface area contributed by atoms with Crippen LogP contribution in [0, 0.1) is 13.8 Å². The van der Waals surface area contributed by atoms with Gasteiger partial charge in [0.1, 0.15) is 0 Å². The molecule has 3 rings (SSSR count). The lowest BCUT2D eigenvalue weighted by Gasteiger charge is -2.22. The highest BCUT2D eigenvalue weighted by Gasteiger charge is 2.19. The molecule has 2 aromatic rings. The second-order valence-electron chi connectivity index (χ2n) is 5.81. The summed E-state index contributed by atoms with van der Waals surface area (Å²) >= 11 is 0. The average molecular weight is 280 g/mol. The second-order valence-corrected chi connectivity index (χ2v) is 5.81. The van der Waals surface area contributed by atoms with Gasteiger partial charge in [-0.3, -0.25) is 4.79 Å². The summed E-state index contributed by atoms with van der Waals surface area (Å²) in [6, 6.07) is 12.4. The molecule has 0 fully saturated rings. The number of fused-ring (bicyclic) bond motifs is 1. The molecule has 21 heavy (non-hydrogen) atoms. The molecule has 0 aromatic heterocycles. The van der Waals surface area contributed by atoms with Crippen LogP contribution < -0.4 is 11.1 Å². The van der Waals surface area contributed by atoms with E-state index in [9.17, 15) is 4.79 Å². The first-order chi connectivity index (χ1) is 10.0. The molecule has 1 heterocycles. The Labute approximate surface area is 125 Å². The summed E-state index contributed by atoms with van der Waals surface area (Å²) in [5, 5.41) is 2.96. The molecule has 3 heteroatoms. The Morgan fingerprint density at radius 1 is 1.05 bits per heavy atom. The third-order valence-corrected chi connectivity index (χ3v) is 4.12. The highest BCUT2D eigenvalue weighted by Crippen LogP contribution is 2.31. The van der Waals surface area contributed by atoms with Crippen LogP contribution in [0.15, 0.2) is 36.4 Å². The number of hydrogen-bond acceptors (Lipinski definition) is 2. The standard InChI is InChI=1S/C18H20N2O/c1-11-3-5-13(6-4-11)17(19)15-9-12(2)18-14(10-15)7-8-16(21)20-18/h3-6,9-10,17H,7-8,19H2,1-2H3,(H,20,21). The summed E-state index contributed by atoms with van der Waals surface area (Å²) in [6.07, 6.45) is 1.34. The fourth-order valence-corrected chi connectivity index (χ4v) is 2.86. The maximum Gasteiger partial charge on any atom is 0.224 e. The van der Waals surface area contributed by atoms with Gasteiger partial charge >= 0.3 is 0 Å². The SMILES string of the molecule is Cc1ccc(C(N)c2cc(C)c3c(c2)CCC(=O)N3)cc1. The number of carbonyl (C=O) groups is 1. The number of benzene rings is 2. The van der Waals surface area contributed by atoms with Gasteiger partial charge in [0.25, 0.3) is 0 Å². The molecule has 3 N–H and O–H groups in total. The van der Waals surface area contributed by atoms with E-state index >= 15 is 0 Å². The quantitative estimate of drug-likeness (QED) is 0.887. The Bertz CT molecular complexity index is 689. The summed E-state index contributed by atoms with van der Waals surface area (Å²) in [5.74, 6) is 0.0983. The molecule has 0 radical (unpaired) electrons. The first-order valence-electron chi connectivity index (χ1n) is 7.30. The van der Waals surface area contributed by atoms with Crippen molar-refractivity contribution in [2.45, 2.75) is 32.7 Å². The van der Waals surface area contributed by atoms with Crippen LogP contribution in [0.4, 0.5) is 5.69 Å². The van der Waals surface area contributed by atoms with E-state index < -0.39 is 0 Å². The number of nitrogens with one attached hydrogen (secondary N) is 1. The first kappa shape index (κ1) is 13.8. The molecule has 0 spiro atoms. The lowest BCUT2D eigenvalue weighted by atomic mass is 9.91. The highest BCUT2D eigenvalue weighted by atomic mass is 16.1. The molecule has 0 bridgehead atoms. The lowest BCUT2D eigenvalue weighted by Crippen LogP contribution is -2.21. The molecule has 1 aliphatic heterocycles. The van der Waals surface area contributed by atoms with Crippen LogP contribution in [0.25, 0.3) is 0 Å². The topological polar surface area (TPSA) is 55.1 Å². The largest absolute Gasteiger partial charge is 0.326 e. The minimum atomic E-state index is -0.132. The van der Waals surface area contributed by atoms with Gasteiger partial charge in [-0.05, 0) is 42.5 Å². The first-order valence-corrected chi connectivity index (χ1v) is 7.30. The molecular formula is C18H20N2O. The molecule has 1 aliphatic rings. The van der Waals surface area contributed by atoms with Crippen molar-refractivity contribution in [1.29, 1.82) is 0 Å². The van der Waals surface area contributed by atoms with Crippen molar-refractivity contribution >= 4 is 11.6 Å². The molecule has 0 saturated heterocycles. The van der Waals surface area contributed by atoms with Gasteiger partial charge in [-0.15, -0.1) is 0 Å². The van der Waals surface area contributed by atoms with Crippen molar-refractivity contribution in [2.24, 2.45) is 5.73 Å². The minimum Gasteiger partial charge on any atom is -0.326 e. The average Bonchev–Trinajstić information content (AvgIpc) is 2.48. The van der Waals surface area contributed by atoms with Crippen LogP contribution in [0.1, 0.15) is 40.3 Å². The van der Waals surface area contributed by atoms with E-state index in [1.54, 1.807) is 0 Å². The molecule has 0 saturated carbocycles. The van der Waals surface area contributed by atoms with Crippen LogP contribution in [-0.4, -0.2) is 5.91 Å². The normalized spacial score (nSPS) is 15.3. The van der Waals surface area contributed by atoms with Crippen LogP contribution in [0.5, 0.6) is 0 Å². The van der Waals surface area contributed by atoms with Gasteiger partial charge in [0, 0.05) is 12.1 Å². The smallest absolute Gasteiger partial charge is 0.224 e. The second kappa shape index (κ2) is 5.34. The fourth-order valence-electron chi connectivity index (χ4n) is 2.86. The third kappa shape index (κ3) is 2.69. The maximum absolute atomic E-state index is 11.5. The van der Waals surface area contributed by atoms with Gasteiger partial charge in [0.05, 0.1) is 6.04 Å². The van der Waals surface area contributed by atoms with Gasteiger partial charge in [-0.2, -0.15) is 0 Å². The number of hydrogen-bond donors (Lipinski definition) is 2. The van der Waals surface area contributed by atoms with Crippen LogP contribution >= 0.6 is 0 Å². The Kier molecular flexibility index (Phi) is 3.52. The van der Waals surface area contributed by atoms with Crippen LogP contribution in [-0.2, 0) is 11.2 Å². The summed E-state index contributed by atoms with van der Waals surface area (Å²) < 4.78 is 0. The van der Waals surface area contributed by atoms with Crippen LogP contribution in [0.3, 0.4) is 0 Å². The lowest BCUT2D eigenvalue weighted by molar-refractivity contribution is -0.116. The molecule has 1 amide bonds. The number of aryl methyl sites for hydroxylation is 3. The Hall–Kier alpha value is -2.13. The number of amides is 1. The number of anilines is 1. The fraction of sp³-hybridized carbons (Fsp3) is 0.278. The van der Waals surface area contributed by atoms with E-state index in [4.69, 9.17) is 5.73 Å². The predicted molar refractivity (Wildman–Crippen MR) is 85.3 cm³/mol. The number of nitrogens with two attached hydrogens (primary N) is 1. The van der Waals surface area contributed by atoms with Crippen LogP contribution in [0.2, 0.25) is 0 Å². The molecule has 1 atom stereocenters. The van der Waals surface area contributed by atoms with Crippen molar-refractivity contribution in [3.05, 3.63) is 64.2 Å². The Morgan fingerprint density at radius 2 is 1.76 bits per heavy atom. The third-order valence-electron chi connectivity index (χ3n) is 4.12. The maximum atomic E-state index is 11.5. The number of rotatable bonds is 2. The minimum absolute atomic E-state index is 0.0983.